The molecule has 6 nitrogen and oxygen atoms in total. The fraction of sp³-hybridized carbons (Fsp3) is 0.208. The molecule has 3 aromatic carbocycles. The Balaban J connectivity index is 1.35. The summed E-state index contributed by atoms with van der Waals surface area (Å²) in [6, 6.07) is 20.8. The van der Waals surface area contributed by atoms with Crippen molar-refractivity contribution in [2.24, 2.45) is 0 Å². The summed E-state index contributed by atoms with van der Waals surface area (Å²) in [5.41, 5.74) is 4.66. The number of aliphatic hydroxyl groups excluding tert-OH is 2. The Kier molecular flexibility index (Phi) is 6.27. The van der Waals surface area contributed by atoms with Crippen LogP contribution in [-0.2, 0) is 4.74 Å². The molecule has 0 fully saturated rings. The van der Waals surface area contributed by atoms with E-state index in [1.165, 1.54) is 6.07 Å². The second-order valence-corrected chi connectivity index (χ2v) is 8.25. The molecule has 160 valence electrons. The Morgan fingerprint density at radius 1 is 0.968 bits per heavy atom. The number of carbonyl (C=O) groups is 1. The maximum atomic E-state index is 12.2. The van der Waals surface area contributed by atoms with Crippen molar-refractivity contribution >= 4 is 22.0 Å². The van der Waals surface area contributed by atoms with Crippen molar-refractivity contribution in [2.45, 2.75) is 18.1 Å². The summed E-state index contributed by atoms with van der Waals surface area (Å²) < 4.78 is 5.82. The van der Waals surface area contributed by atoms with Crippen molar-refractivity contribution in [3.8, 4) is 16.9 Å². The highest BCUT2D eigenvalue weighted by Crippen LogP contribution is 2.44. The number of aromatic hydroxyl groups is 1. The van der Waals surface area contributed by atoms with E-state index in [1.54, 1.807) is 12.1 Å². The Bertz CT molecular complexity index is 1060. The van der Waals surface area contributed by atoms with Gasteiger partial charge >= 0.3 is 6.09 Å². The second kappa shape index (κ2) is 9.09. The maximum Gasteiger partial charge on any atom is 0.407 e. The predicted molar refractivity (Wildman–Crippen MR) is 120 cm³/mol. The first-order valence-electron chi connectivity index (χ1n) is 9.89. The van der Waals surface area contributed by atoms with E-state index < -0.39 is 18.3 Å². The van der Waals surface area contributed by atoms with Crippen LogP contribution in [0.25, 0.3) is 11.1 Å². The predicted octanol–water partition coefficient (Wildman–Crippen LogP) is 4.09. The molecule has 0 bridgehead atoms. The highest BCUT2D eigenvalue weighted by atomic mass is 79.9. The van der Waals surface area contributed by atoms with Crippen LogP contribution in [0, 0.1) is 0 Å². The number of benzene rings is 3. The monoisotopic (exact) mass is 483 g/mol. The third-order valence-corrected chi connectivity index (χ3v) is 6.14. The average Bonchev–Trinajstić information content (AvgIpc) is 3.11. The van der Waals surface area contributed by atoms with E-state index in [1.807, 2.05) is 36.4 Å². The lowest BCUT2D eigenvalue weighted by Gasteiger charge is -2.20. The fourth-order valence-corrected chi connectivity index (χ4v) is 4.31. The molecule has 7 heteroatoms. The smallest absolute Gasteiger partial charge is 0.407 e. The van der Waals surface area contributed by atoms with E-state index in [9.17, 15) is 20.1 Å². The molecule has 0 aliphatic heterocycles. The number of phenolic OH excluding ortho intramolecular Hbond substituents is 1. The molecule has 2 atom stereocenters. The van der Waals surface area contributed by atoms with Crippen LogP contribution in [-0.4, -0.2) is 40.7 Å². The largest absolute Gasteiger partial charge is 0.506 e. The highest BCUT2D eigenvalue weighted by Gasteiger charge is 2.29. The molecular weight excluding hydrogens is 462 g/mol. The van der Waals surface area contributed by atoms with Gasteiger partial charge in [-0.05, 0) is 44.3 Å². The Morgan fingerprint density at radius 2 is 1.58 bits per heavy atom. The van der Waals surface area contributed by atoms with Crippen LogP contribution in [0.5, 0.6) is 5.75 Å². The van der Waals surface area contributed by atoms with Crippen molar-refractivity contribution < 1.29 is 24.9 Å². The summed E-state index contributed by atoms with van der Waals surface area (Å²) in [6.45, 7) is -0.0747. The SMILES string of the molecule is O=C(NCC(O)C(O)c1cccc(Br)c1O)OCC1c2ccccc2-c2ccccc21. The number of phenols is 1. The molecule has 0 aromatic heterocycles. The maximum absolute atomic E-state index is 12.2. The number of para-hydroxylation sites is 1. The van der Waals surface area contributed by atoms with Crippen LogP contribution < -0.4 is 5.32 Å². The minimum atomic E-state index is -1.37. The molecule has 0 saturated heterocycles. The van der Waals surface area contributed by atoms with Crippen LogP contribution in [0.2, 0.25) is 0 Å². The first kappa shape index (κ1) is 21.4. The first-order chi connectivity index (χ1) is 15.0. The van der Waals surface area contributed by atoms with Gasteiger partial charge in [-0.15, -0.1) is 0 Å². The number of rotatable bonds is 6. The van der Waals surface area contributed by atoms with Gasteiger partial charge in [0, 0.05) is 18.0 Å². The number of amides is 1. The van der Waals surface area contributed by atoms with Gasteiger partial charge < -0.3 is 25.4 Å². The quantitative estimate of drug-likeness (QED) is 0.423. The number of alkyl carbamates (subject to hydrolysis) is 1. The lowest BCUT2D eigenvalue weighted by atomic mass is 9.98. The van der Waals surface area contributed by atoms with Gasteiger partial charge in [-0.2, -0.15) is 0 Å². The molecule has 4 N–H and O–H groups in total. The lowest BCUT2D eigenvalue weighted by Crippen LogP contribution is -2.36. The topological polar surface area (TPSA) is 99.0 Å². The normalized spacial score (nSPS) is 14.4. The van der Waals surface area contributed by atoms with E-state index in [2.05, 4.69) is 33.4 Å². The van der Waals surface area contributed by atoms with E-state index >= 15 is 0 Å². The Hall–Kier alpha value is -2.87. The molecule has 31 heavy (non-hydrogen) atoms. The number of aliphatic hydroxyl groups is 2. The lowest BCUT2D eigenvalue weighted by molar-refractivity contribution is 0.0172. The third-order valence-electron chi connectivity index (χ3n) is 5.50. The van der Waals surface area contributed by atoms with Crippen LogP contribution in [0.1, 0.15) is 28.7 Å². The molecule has 4 rings (SSSR count). The second-order valence-electron chi connectivity index (χ2n) is 7.40. The van der Waals surface area contributed by atoms with Crippen molar-refractivity contribution in [1.29, 1.82) is 0 Å². The van der Waals surface area contributed by atoms with Gasteiger partial charge in [0.15, 0.2) is 0 Å². The van der Waals surface area contributed by atoms with Gasteiger partial charge in [0.1, 0.15) is 24.6 Å². The number of nitrogens with one attached hydrogen (secondary N) is 1. The molecule has 1 aliphatic carbocycles. The van der Waals surface area contributed by atoms with Gasteiger partial charge in [-0.3, -0.25) is 0 Å². The number of hydrogen-bond acceptors (Lipinski definition) is 5. The standard InChI is InChI=1S/C24H22BrNO5/c25-20-11-5-10-18(22(20)28)23(29)21(27)12-26-24(30)31-13-19-16-8-3-1-6-14(16)15-7-2-4-9-17(15)19/h1-11,19,21,23,27-29H,12-13H2,(H,26,30). The molecule has 3 aromatic rings. The zero-order valence-electron chi connectivity index (χ0n) is 16.5. The summed E-state index contributed by atoms with van der Waals surface area (Å²) in [5.74, 6) is -0.220. The molecule has 0 radical (unpaired) electrons. The summed E-state index contributed by atoms with van der Waals surface area (Å²) in [4.78, 5) is 12.2. The Morgan fingerprint density at radius 3 is 2.23 bits per heavy atom. The van der Waals surface area contributed by atoms with E-state index in [-0.39, 0.29) is 30.4 Å². The minimum absolute atomic E-state index is 0.0627. The zero-order valence-corrected chi connectivity index (χ0v) is 18.1. The van der Waals surface area contributed by atoms with Crippen molar-refractivity contribution in [3.63, 3.8) is 0 Å². The molecule has 1 aliphatic rings. The third kappa shape index (κ3) is 4.30. The number of halogens is 1. The van der Waals surface area contributed by atoms with Crippen molar-refractivity contribution in [2.75, 3.05) is 13.2 Å². The molecule has 0 heterocycles. The first-order valence-corrected chi connectivity index (χ1v) is 10.7. The number of ether oxygens (including phenoxy) is 1. The minimum Gasteiger partial charge on any atom is -0.506 e. The summed E-state index contributed by atoms with van der Waals surface area (Å²) >= 11 is 3.17. The van der Waals surface area contributed by atoms with Gasteiger partial charge in [0.25, 0.3) is 0 Å². The number of fused-ring (bicyclic) bond motifs is 3. The highest BCUT2D eigenvalue weighted by molar-refractivity contribution is 9.10. The zero-order chi connectivity index (χ0) is 22.0. The van der Waals surface area contributed by atoms with Crippen molar-refractivity contribution in [3.05, 3.63) is 87.9 Å². The van der Waals surface area contributed by atoms with E-state index in [4.69, 9.17) is 4.74 Å². The molecule has 2 unspecified atom stereocenters. The van der Waals surface area contributed by atoms with Gasteiger partial charge in [0.2, 0.25) is 0 Å². The van der Waals surface area contributed by atoms with Gasteiger partial charge in [-0.25, -0.2) is 4.79 Å². The van der Waals surface area contributed by atoms with Crippen LogP contribution in [0.4, 0.5) is 4.79 Å². The van der Waals surface area contributed by atoms with E-state index in [0.29, 0.717) is 4.47 Å². The van der Waals surface area contributed by atoms with Gasteiger partial charge in [-0.1, -0.05) is 60.7 Å². The summed E-state index contributed by atoms with van der Waals surface area (Å²) in [7, 11) is 0. The van der Waals surface area contributed by atoms with Crippen LogP contribution in [0.3, 0.4) is 0 Å². The Labute approximate surface area is 188 Å². The van der Waals surface area contributed by atoms with Gasteiger partial charge in [0.05, 0.1) is 4.47 Å². The van der Waals surface area contributed by atoms with Crippen molar-refractivity contribution in [1.82, 2.24) is 5.32 Å². The summed E-state index contributed by atoms with van der Waals surface area (Å²) in [6.07, 6.45) is -3.38. The molecule has 0 spiro atoms. The molecule has 0 saturated carbocycles. The average molecular weight is 484 g/mol. The van der Waals surface area contributed by atoms with Crippen LogP contribution in [0.15, 0.2) is 71.2 Å². The number of hydrogen-bond donors (Lipinski definition) is 4. The fourth-order valence-electron chi connectivity index (χ4n) is 3.93. The summed E-state index contributed by atoms with van der Waals surface area (Å²) in [5, 5.41) is 33.0. The number of carbonyl (C=O) groups excluding carboxylic acids is 1. The van der Waals surface area contributed by atoms with Crippen LogP contribution >= 0.6 is 15.9 Å². The molecular formula is C24H22BrNO5. The van der Waals surface area contributed by atoms with E-state index in [0.717, 1.165) is 22.3 Å². The molecule has 1 amide bonds.